The van der Waals surface area contributed by atoms with Crippen molar-refractivity contribution in [1.29, 1.82) is 0 Å². The van der Waals surface area contributed by atoms with E-state index in [1.807, 2.05) is 36.5 Å². The van der Waals surface area contributed by atoms with Gasteiger partial charge in [0.15, 0.2) is 0 Å². The summed E-state index contributed by atoms with van der Waals surface area (Å²) in [6.45, 7) is 13.5. The van der Waals surface area contributed by atoms with Gasteiger partial charge in [0.05, 0.1) is 5.65 Å². The summed E-state index contributed by atoms with van der Waals surface area (Å²) in [7, 11) is 0. The predicted octanol–water partition coefficient (Wildman–Crippen LogP) is 9.41. The second kappa shape index (κ2) is 10.6. The van der Waals surface area contributed by atoms with Gasteiger partial charge in [-0.05, 0) is 49.8 Å². The molecule has 0 unspecified atom stereocenters. The molecule has 0 saturated carbocycles. The third-order valence-electron chi connectivity index (χ3n) is 8.13. The average Bonchev–Trinajstić information content (AvgIpc) is 3.54. The predicted molar refractivity (Wildman–Crippen MR) is 174 cm³/mol. The zero-order valence-corrected chi connectivity index (χ0v) is 27.6. The first kappa shape index (κ1) is 29.1. The molecule has 4 nitrogen and oxygen atoms in total. The summed E-state index contributed by atoms with van der Waals surface area (Å²) >= 11 is 0. The molecule has 0 N–H and O–H groups in total. The molecule has 216 valence electrons. The molecule has 0 aliphatic heterocycles. The van der Waals surface area contributed by atoms with Crippen molar-refractivity contribution < 1.29 is 21.1 Å². The third kappa shape index (κ3) is 5.23. The summed E-state index contributed by atoms with van der Waals surface area (Å²) in [5.74, 6) is 0.885. The third-order valence-corrected chi connectivity index (χ3v) is 8.13. The molecule has 3 aromatic carbocycles. The van der Waals surface area contributed by atoms with Crippen LogP contribution in [0.2, 0.25) is 0 Å². The Morgan fingerprint density at radius 3 is 2.12 bits per heavy atom. The Morgan fingerprint density at radius 1 is 0.674 bits per heavy atom. The topological polar surface area (TPSA) is 44.8 Å². The van der Waals surface area contributed by atoms with E-state index < -0.39 is 0 Å². The molecule has 0 saturated heterocycles. The summed E-state index contributed by atoms with van der Waals surface area (Å²) in [6.07, 6.45) is 1.81. The minimum Gasteiger partial charge on any atom is -0.435 e. The number of aromatic nitrogens is 4. The van der Waals surface area contributed by atoms with E-state index in [2.05, 4.69) is 118 Å². The molecule has 0 atom stereocenters. The Morgan fingerprint density at radius 2 is 1.40 bits per heavy atom. The average molecular weight is 742 g/mol. The number of benzene rings is 3. The van der Waals surface area contributed by atoms with Gasteiger partial charge in [-0.2, -0.15) is 0 Å². The van der Waals surface area contributed by atoms with Gasteiger partial charge < -0.3 is 9.55 Å². The molecule has 4 heterocycles. The first-order valence-electron chi connectivity index (χ1n) is 14.5. The fraction of sp³-hybridized carbons (Fsp3) is 0.211. The van der Waals surface area contributed by atoms with Crippen LogP contribution in [0.3, 0.4) is 0 Å². The molecular formula is C38H34N4Pt. The van der Waals surface area contributed by atoms with Crippen molar-refractivity contribution in [3.63, 3.8) is 0 Å². The van der Waals surface area contributed by atoms with E-state index in [1.165, 1.54) is 16.5 Å². The zero-order chi connectivity index (χ0) is 29.2. The van der Waals surface area contributed by atoms with Crippen LogP contribution in [0.4, 0.5) is 0 Å². The molecule has 0 spiro atoms. The van der Waals surface area contributed by atoms with Gasteiger partial charge in [-0.3, -0.25) is 9.97 Å². The van der Waals surface area contributed by atoms with E-state index in [0.29, 0.717) is 0 Å². The standard InChI is InChI=1S/C38H34N4.Pt/c1-37(2,3)27-13-16-33-26(21-27)22-35(40-33)42-34-18-14-28(38(4,5)6)23-30(34)29-15-17-32(41-36(29)42)25-11-9-10-24(20-25)31-12-7-8-19-39-31;/h7-19,21-23H,1-6H3;/q-2;+2. The zero-order valence-electron chi connectivity index (χ0n) is 25.3. The Bertz CT molecular complexity index is 2100. The molecule has 0 radical (unpaired) electrons. The molecule has 0 amide bonds. The Hall–Kier alpha value is -4.01. The number of rotatable bonds is 3. The van der Waals surface area contributed by atoms with Gasteiger partial charge in [0.25, 0.3) is 0 Å². The first-order chi connectivity index (χ1) is 20.1. The van der Waals surface area contributed by atoms with Gasteiger partial charge in [0.1, 0.15) is 0 Å². The summed E-state index contributed by atoms with van der Waals surface area (Å²) in [6, 6.07) is 35.5. The monoisotopic (exact) mass is 741 g/mol. The van der Waals surface area contributed by atoms with Gasteiger partial charge in [-0.15, -0.1) is 24.3 Å². The maximum atomic E-state index is 5.28. The van der Waals surface area contributed by atoms with E-state index in [4.69, 9.17) is 9.97 Å². The van der Waals surface area contributed by atoms with Crippen LogP contribution in [0.5, 0.6) is 0 Å². The number of hydrogen-bond acceptors (Lipinski definition) is 2. The second-order valence-electron chi connectivity index (χ2n) is 13.2. The van der Waals surface area contributed by atoms with Crippen LogP contribution in [-0.4, -0.2) is 14.5 Å². The summed E-state index contributed by atoms with van der Waals surface area (Å²) in [5, 5.41) is 3.44. The van der Waals surface area contributed by atoms with Crippen molar-refractivity contribution >= 4 is 32.8 Å². The Balaban J connectivity index is 0.00000329. The molecule has 7 rings (SSSR count). The van der Waals surface area contributed by atoms with Crippen LogP contribution in [0, 0.1) is 6.07 Å². The van der Waals surface area contributed by atoms with Crippen LogP contribution < -0.4 is 4.98 Å². The first-order valence-corrected chi connectivity index (χ1v) is 14.5. The number of hydrogen-bond donors (Lipinski definition) is 0. The summed E-state index contributed by atoms with van der Waals surface area (Å²) in [5.41, 5.74) is 9.33. The Labute approximate surface area is 267 Å². The van der Waals surface area contributed by atoms with E-state index in [1.54, 1.807) is 0 Å². The molecular weight excluding hydrogens is 708 g/mol. The van der Waals surface area contributed by atoms with Crippen molar-refractivity contribution in [3.8, 4) is 28.3 Å². The number of pyridine rings is 2. The molecule has 0 fully saturated rings. The minimum absolute atomic E-state index is 0. The van der Waals surface area contributed by atoms with E-state index in [9.17, 15) is 0 Å². The maximum absolute atomic E-state index is 5.28. The van der Waals surface area contributed by atoms with Crippen LogP contribution in [0.1, 0.15) is 52.7 Å². The largest absolute Gasteiger partial charge is 2.00 e. The molecule has 4 aromatic heterocycles. The fourth-order valence-electron chi connectivity index (χ4n) is 5.68. The molecule has 0 bridgehead atoms. The van der Waals surface area contributed by atoms with Gasteiger partial charge >= 0.3 is 21.1 Å². The van der Waals surface area contributed by atoms with E-state index >= 15 is 0 Å². The van der Waals surface area contributed by atoms with Crippen molar-refractivity contribution in [2.45, 2.75) is 52.4 Å². The molecule has 5 heteroatoms. The smallest absolute Gasteiger partial charge is 0.435 e. The van der Waals surface area contributed by atoms with Crippen molar-refractivity contribution in [2.24, 2.45) is 0 Å². The van der Waals surface area contributed by atoms with Gasteiger partial charge in [-0.1, -0.05) is 125 Å². The van der Waals surface area contributed by atoms with Crippen LogP contribution in [-0.2, 0) is 31.9 Å². The van der Waals surface area contributed by atoms with Crippen molar-refractivity contribution in [3.05, 3.63) is 114 Å². The summed E-state index contributed by atoms with van der Waals surface area (Å²) in [4.78, 5) is 14.9. The second-order valence-corrected chi connectivity index (χ2v) is 13.2. The molecule has 7 aromatic rings. The van der Waals surface area contributed by atoms with Gasteiger partial charge in [0.2, 0.25) is 0 Å². The maximum Gasteiger partial charge on any atom is 2.00 e. The SMILES string of the molecule is CC(C)(C)c1ccc2[n-]c(-n3c4ccc(C(C)(C)C)cc4c4ccc(-c5[c-]c(-c6ccccn6)ccc5)nc43)cc2c1.[Pt+2]. The van der Waals surface area contributed by atoms with E-state index in [-0.39, 0.29) is 31.9 Å². The number of fused-ring (bicyclic) bond motifs is 4. The van der Waals surface area contributed by atoms with E-state index in [0.717, 1.165) is 55.8 Å². The molecule has 43 heavy (non-hydrogen) atoms. The van der Waals surface area contributed by atoms with Gasteiger partial charge in [-0.25, -0.2) is 0 Å². The van der Waals surface area contributed by atoms with Crippen LogP contribution in [0.15, 0.2) is 97.2 Å². The number of nitrogens with zero attached hydrogens (tertiary/aromatic N) is 4. The van der Waals surface area contributed by atoms with Crippen molar-refractivity contribution in [1.82, 2.24) is 19.5 Å². The quantitative estimate of drug-likeness (QED) is 0.170. The van der Waals surface area contributed by atoms with Crippen molar-refractivity contribution in [2.75, 3.05) is 0 Å². The molecule has 0 aliphatic carbocycles. The summed E-state index contributed by atoms with van der Waals surface area (Å²) < 4.78 is 2.22. The van der Waals surface area contributed by atoms with Crippen LogP contribution >= 0.6 is 0 Å². The van der Waals surface area contributed by atoms with Gasteiger partial charge in [0, 0.05) is 23.0 Å². The minimum atomic E-state index is 0. The normalized spacial score (nSPS) is 12.2. The Kier molecular flexibility index (Phi) is 7.17. The molecule has 0 aliphatic rings. The fourth-order valence-corrected chi connectivity index (χ4v) is 5.68. The van der Waals surface area contributed by atoms with Crippen LogP contribution in [0.25, 0.3) is 61.2 Å².